The van der Waals surface area contributed by atoms with Gasteiger partial charge in [0.15, 0.2) is 0 Å². The first kappa shape index (κ1) is 16.3. The van der Waals surface area contributed by atoms with Gasteiger partial charge in [-0.3, -0.25) is 0 Å². The maximum atomic E-state index is 8.96. The van der Waals surface area contributed by atoms with Crippen molar-refractivity contribution in [3.8, 4) is 11.9 Å². The first-order valence-electron chi connectivity index (χ1n) is 7.21. The predicted octanol–water partition coefficient (Wildman–Crippen LogP) is 4.00. The van der Waals surface area contributed by atoms with Crippen LogP contribution in [0.3, 0.4) is 0 Å². The molecule has 0 saturated carbocycles. The molecule has 1 heterocycles. The summed E-state index contributed by atoms with van der Waals surface area (Å²) in [7, 11) is 0. The fourth-order valence-corrected chi connectivity index (χ4v) is 1.81. The van der Waals surface area contributed by atoms with Crippen LogP contribution in [0, 0.1) is 16.7 Å². The first-order chi connectivity index (χ1) is 9.44. The second-order valence-electron chi connectivity index (χ2n) is 5.90. The van der Waals surface area contributed by atoms with Gasteiger partial charge in [0, 0.05) is 12.7 Å². The second-order valence-corrected chi connectivity index (χ2v) is 5.90. The molecule has 0 amide bonds. The fourth-order valence-electron chi connectivity index (χ4n) is 1.81. The molecule has 1 N–H and O–H groups in total. The van der Waals surface area contributed by atoms with E-state index in [1.54, 1.807) is 6.20 Å². The van der Waals surface area contributed by atoms with Crippen molar-refractivity contribution in [3.05, 3.63) is 18.3 Å². The van der Waals surface area contributed by atoms with Crippen molar-refractivity contribution in [1.29, 1.82) is 5.26 Å². The standard InChI is InChI=1S/C16H25N3O/c1-13(2)20-15-14(8-7-11-19-15)18-10-6-5-9-16(3,4)12-17/h7-8,11,13,18H,5-6,9-10H2,1-4H3. The number of hydrogen-bond acceptors (Lipinski definition) is 4. The van der Waals surface area contributed by atoms with Crippen LogP contribution in [0.1, 0.15) is 47.0 Å². The van der Waals surface area contributed by atoms with Gasteiger partial charge in [0.1, 0.15) is 0 Å². The summed E-state index contributed by atoms with van der Waals surface area (Å²) in [6.07, 6.45) is 4.84. The Bertz CT molecular complexity index is 449. The molecule has 1 aromatic heterocycles. The van der Waals surface area contributed by atoms with Crippen LogP contribution in [-0.4, -0.2) is 17.6 Å². The summed E-state index contributed by atoms with van der Waals surface area (Å²) >= 11 is 0. The zero-order chi connectivity index (χ0) is 15.0. The van der Waals surface area contributed by atoms with E-state index in [4.69, 9.17) is 10.00 Å². The summed E-state index contributed by atoms with van der Waals surface area (Å²) in [6.45, 7) is 8.80. The minimum absolute atomic E-state index is 0.113. The molecule has 0 aliphatic carbocycles. The molecule has 20 heavy (non-hydrogen) atoms. The van der Waals surface area contributed by atoms with Gasteiger partial charge in [-0.2, -0.15) is 5.26 Å². The van der Waals surface area contributed by atoms with E-state index < -0.39 is 0 Å². The third-order valence-corrected chi connectivity index (χ3v) is 2.97. The van der Waals surface area contributed by atoms with E-state index in [-0.39, 0.29) is 11.5 Å². The summed E-state index contributed by atoms with van der Waals surface area (Å²) in [6, 6.07) is 6.20. The van der Waals surface area contributed by atoms with E-state index in [0.717, 1.165) is 31.5 Å². The zero-order valence-corrected chi connectivity index (χ0v) is 12.9. The molecule has 0 unspecified atom stereocenters. The van der Waals surface area contributed by atoms with Gasteiger partial charge in [-0.1, -0.05) is 6.42 Å². The Balaban J connectivity index is 2.37. The number of pyridine rings is 1. The highest BCUT2D eigenvalue weighted by Gasteiger charge is 2.15. The molecule has 0 bridgehead atoms. The number of nitriles is 1. The predicted molar refractivity (Wildman–Crippen MR) is 81.7 cm³/mol. The summed E-state index contributed by atoms with van der Waals surface area (Å²) in [5.41, 5.74) is 0.709. The van der Waals surface area contributed by atoms with Gasteiger partial charge in [-0.25, -0.2) is 4.98 Å². The van der Waals surface area contributed by atoms with Gasteiger partial charge < -0.3 is 10.1 Å². The Morgan fingerprint density at radius 1 is 1.40 bits per heavy atom. The Labute approximate surface area is 122 Å². The fraction of sp³-hybridized carbons (Fsp3) is 0.625. The number of nitrogens with one attached hydrogen (secondary N) is 1. The average molecular weight is 275 g/mol. The number of nitrogens with zero attached hydrogens (tertiary/aromatic N) is 2. The molecule has 0 aromatic carbocycles. The van der Waals surface area contributed by atoms with Gasteiger partial charge in [0.2, 0.25) is 5.88 Å². The SMILES string of the molecule is CC(C)Oc1ncccc1NCCCCC(C)(C)C#N. The van der Waals surface area contributed by atoms with Crippen molar-refractivity contribution >= 4 is 5.69 Å². The number of aromatic nitrogens is 1. The van der Waals surface area contributed by atoms with Gasteiger partial charge in [-0.15, -0.1) is 0 Å². The highest BCUT2D eigenvalue weighted by Crippen LogP contribution is 2.23. The minimum atomic E-state index is -0.222. The third kappa shape index (κ3) is 5.92. The molecule has 0 aliphatic heterocycles. The molecule has 110 valence electrons. The van der Waals surface area contributed by atoms with Crippen LogP contribution in [0.15, 0.2) is 18.3 Å². The van der Waals surface area contributed by atoms with Crippen LogP contribution in [-0.2, 0) is 0 Å². The summed E-state index contributed by atoms with van der Waals surface area (Å²) < 4.78 is 5.66. The molecular weight excluding hydrogens is 250 g/mol. The number of rotatable bonds is 8. The molecule has 1 rings (SSSR count). The van der Waals surface area contributed by atoms with E-state index in [1.807, 2.05) is 39.8 Å². The molecule has 0 radical (unpaired) electrons. The zero-order valence-electron chi connectivity index (χ0n) is 12.9. The van der Waals surface area contributed by atoms with Gasteiger partial charge >= 0.3 is 0 Å². The molecule has 0 spiro atoms. The van der Waals surface area contributed by atoms with E-state index >= 15 is 0 Å². The van der Waals surface area contributed by atoms with Crippen molar-refractivity contribution in [2.24, 2.45) is 5.41 Å². The number of hydrogen-bond donors (Lipinski definition) is 1. The lowest BCUT2D eigenvalue weighted by Gasteiger charge is -2.16. The third-order valence-electron chi connectivity index (χ3n) is 2.97. The second kappa shape index (κ2) is 7.74. The van der Waals surface area contributed by atoms with Gasteiger partial charge in [0.25, 0.3) is 0 Å². The lowest BCUT2D eigenvalue weighted by atomic mass is 9.89. The number of ether oxygens (including phenoxy) is 1. The normalized spacial score (nSPS) is 11.2. The van der Waals surface area contributed by atoms with E-state index in [9.17, 15) is 0 Å². The molecule has 0 fully saturated rings. The molecular formula is C16H25N3O. The number of anilines is 1. The molecule has 4 heteroatoms. The van der Waals surface area contributed by atoms with Crippen LogP contribution < -0.4 is 10.1 Å². The van der Waals surface area contributed by atoms with Crippen molar-refractivity contribution < 1.29 is 4.74 Å². The van der Waals surface area contributed by atoms with Gasteiger partial charge in [0.05, 0.1) is 23.3 Å². The lowest BCUT2D eigenvalue weighted by Crippen LogP contribution is -2.11. The lowest BCUT2D eigenvalue weighted by molar-refractivity contribution is 0.234. The largest absolute Gasteiger partial charge is 0.473 e. The van der Waals surface area contributed by atoms with Crippen LogP contribution >= 0.6 is 0 Å². The molecule has 1 aromatic rings. The summed E-state index contributed by atoms with van der Waals surface area (Å²) in [4.78, 5) is 4.24. The summed E-state index contributed by atoms with van der Waals surface area (Å²) in [5, 5.41) is 12.3. The highest BCUT2D eigenvalue weighted by molar-refractivity contribution is 5.51. The van der Waals surface area contributed by atoms with Crippen molar-refractivity contribution in [2.45, 2.75) is 53.1 Å². The summed E-state index contributed by atoms with van der Waals surface area (Å²) in [5.74, 6) is 0.653. The first-order valence-corrected chi connectivity index (χ1v) is 7.21. The van der Waals surface area contributed by atoms with E-state index in [1.165, 1.54) is 0 Å². The van der Waals surface area contributed by atoms with E-state index in [2.05, 4.69) is 16.4 Å². The molecule has 0 aliphatic rings. The van der Waals surface area contributed by atoms with Crippen LogP contribution in [0.4, 0.5) is 5.69 Å². The Kier molecular flexibility index (Phi) is 6.30. The van der Waals surface area contributed by atoms with Crippen molar-refractivity contribution in [3.63, 3.8) is 0 Å². The average Bonchev–Trinajstić information content (AvgIpc) is 2.39. The van der Waals surface area contributed by atoms with Crippen LogP contribution in [0.2, 0.25) is 0 Å². The van der Waals surface area contributed by atoms with Crippen LogP contribution in [0.25, 0.3) is 0 Å². The van der Waals surface area contributed by atoms with Crippen LogP contribution in [0.5, 0.6) is 5.88 Å². The molecule has 4 nitrogen and oxygen atoms in total. The Morgan fingerprint density at radius 3 is 2.80 bits per heavy atom. The van der Waals surface area contributed by atoms with Crippen molar-refractivity contribution in [1.82, 2.24) is 4.98 Å². The minimum Gasteiger partial charge on any atom is -0.473 e. The smallest absolute Gasteiger partial charge is 0.237 e. The van der Waals surface area contributed by atoms with E-state index in [0.29, 0.717) is 5.88 Å². The maximum absolute atomic E-state index is 8.96. The van der Waals surface area contributed by atoms with Crippen molar-refractivity contribution in [2.75, 3.05) is 11.9 Å². The number of unbranched alkanes of at least 4 members (excludes halogenated alkanes) is 1. The Hall–Kier alpha value is -1.76. The highest BCUT2D eigenvalue weighted by atomic mass is 16.5. The maximum Gasteiger partial charge on any atom is 0.237 e. The Morgan fingerprint density at radius 2 is 2.15 bits per heavy atom. The monoisotopic (exact) mass is 275 g/mol. The topological polar surface area (TPSA) is 57.9 Å². The van der Waals surface area contributed by atoms with Gasteiger partial charge in [-0.05, 0) is 52.7 Å². The molecule has 0 saturated heterocycles. The molecule has 0 atom stereocenters. The quantitative estimate of drug-likeness (QED) is 0.728.